The topological polar surface area (TPSA) is 49.3 Å². The first-order valence-corrected chi connectivity index (χ1v) is 6.59. The predicted molar refractivity (Wildman–Crippen MR) is 76.8 cm³/mol. The van der Waals surface area contributed by atoms with E-state index in [2.05, 4.69) is 38.1 Å². The van der Waals surface area contributed by atoms with Gasteiger partial charge in [0.05, 0.1) is 12.2 Å². The first-order chi connectivity index (χ1) is 8.83. The Hall–Kier alpha value is -1.88. The minimum atomic E-state index is 0.677. The molecule has 0 aliphatic rings. The van der Waals surface area contributed by atoms with Crippen LogP contribution >= 0.6 is 11.3 Å². The minimum Gasteiger partial charge on any atom is -0.359 e. The third-order valence-electron chi connectivity index (χ3n) is 2.47. The summed E-state index contributed by atoms with van der Waals surface area (Å²) in [5.74, 6) is 0.768. The number of aromatic nitrogens is 1. The summed E-state index contributed by atoms with van der Waals surface area (Å²) in [7, 11) is 3.58. The van der Waals surface area contributed by atoms with Crippen LogP contribution in [0.15, 0.2) is 40.7 Å². The molecule has 0 spiro atoms. The number of hydrogen-bond donors (Lipinski definition) is 2. The SMILES string of the molecule is CN=C(NC)NCc1csc(-c2ccccc2)n1. The van der Waals surface area contributed by atoms with Crippen LogP contribution in [0.5, 0.6) is 0 Å². The van der Waals surface area contributed by atoms with Gasteiger partial charge in [0.25, 0.3) is 0 Å². The number of aliphatic imine (C=N–C) groups is 1. The average Bonchev–Trinajstić information content (AvgIpc) is 2.90. The van der Waals surface area contributed by atoms with Crippen molar-refractivity contribution in [3.63, 3.8) is 0 Å². The lowest BCUT2D eigenvalue weighted by molar-refractivity contribution is 0.845. The molecule has 18 heavy (non-hydrogen) atoms. The largest absolute Gasteiger partial charge is 0.359 e. The third-order valence-corrected chi connectivity index (χ3v) is 3.41. The van der Waals surface area contributed by atoms with Crippen LogP contribution in [0.4, 0.5) is 0 Å². The number of guanidine groups is 1. The van der Waals surface area contributed by atoms with Gasteiger partial charge in [-0.2, -0.15) is 0 Å². The molecular formula is C13H16N4S. The van der Waals surface area contributed by atoms with E-state index in [-0.39, 0.29) is 0 Å². The van der Waals surface area contributed by atoms with Crippen molar-refractivity contribution in [3.8, 4) is 10.6 Å². The molecule has 0 aliphatic carbocycles. The fourth-order valence-corrected chi connectivity index (χ4v) is 2.38. The van der Waals surface area contributed by atoms with Gasteiger partial charge in [-0.25, -0.2) is 4.98 Å². The summed E-state index contributed by atoms with van der Waals surface area (Å²) >= 11 is 1.66. The fourth-order valence-electron chi connectivity index (χ4n) is 1.56. The van der Waals surface area contributed by atoms with Gasteiger partial charge in [0.2, 0.25) is 0 Å². The number of hydrogen-bond acceptors (Lipinski definition) is 3. The van der Waals surface area contributed by atoms with Crippen LogP contribution < -0.4 is 10.6 Å². The Bertz CT molecular complexity index is 519. The molecule has 1 aromatic heterocycles. The maximum Gasteiger partial charge on any atom is 0.191 e. The van der Waals surface area contributed by atoms with Crippen molar-refractivity contribution in [1.82, 2.24) is 15.6 Å². The summed E-state index contributed by atoms with van der Waals surface area (Å²) in [6.45, 7) is 0.677. The zero-order chi connectivity index (χ0) is 12.8. The average molecular weight is 260 g/mol. The lowest BCUT2D eigenvalue weighted by Crippen LogP contribution is -2.34. The summed E-state index contributed by atoms with van der Waals surface area (Å²) in [5.41, 5.74) is 2.18. The van der Waals surface area contributed by atoms with Gasteiger partial charge in [-0.05, 0) is 0 Å². The quantitative estimate of drug-likeness (QED) is 0.656. The maximum atomic E-state index is 4.59. The molecule has 0 aliphatic heterocycles. The van der Waals surface area contributed by atoms with Crippen molar-refractivity contribution in [2.24, 2.45) is 4.99 Å². The molecule has 0 fully saturated rings. The van der Waals surface area contributed by atoms with E-state index in [0.29, 0.717) is 6.54 Å². The highest BCUT2D eigenvalue weighted by atomic mass is 32.1. The molecule has 0 unspecified atom stereocenters. The Kier molecular flexibility index (Phi) is 4.30. The molecule has 0 amide bonds. The minimum absolute atomic E-state index is 0.677. The predicted octanol–water partition coefficient (Wildman–Crippen LogP) is 2.10. The fraction of sp³-hybridized carbons (Fsp3) is 0.231. The van der Waals surface area contributed by atoms with Gasteiger partial charge in [-0.3, -0.25) is 4.99 Å². The van der Waals surface area contributed by atoms with Gasteiger partial charge >= 0.3 is 0 Å². The van der Waals surface area contributed by atoms with Gasteiger partial charge in [0.15, 0.2) is 5.96 Å². The molecule has 1 heterocycles. The van der Waals surface area contributed by atoms with Crippen molar-refractivity contribution in [3.05, 3.63) is 41.4 Å². The Balaban J connectivity index is 2.03. The molecule has 0 atom stereocenters. The van der Waals surface area contributed by atoms with Crippen molar-refractivity contribution >= 4 is 17.3 Å². The molecule has 0 saturated heterocycles. The molecule has 4 nitrogen and oxygen atoms in total. The van der Waals surface area contributed by atoms with Gasteiger partial charge in [-0.1, -0.05) is 30.3 Å². The first-order valence-electron chi connectivity index (χ1n) is 5.71. The zero-order valence-electron chi connectivity index (χ0n) is 10.5. The van der Waals surface area contributed by atoms with E-state index in [0.717, 1.165) is 22.2 Å². The molecule has 2 rings (SSSR count). The van der Waals surface area contributed by atoms with E-state index >= 15 is 0 Å². The normalized spacial score (nSPS) is 11.3. The van der Waals surface area contributed by atoms with E-state index in [1.165, 1.54) is 0 Å². The van der Waals surface area contributed by atoms with E-state index in [9.17, 15) is 0 Å². The number of nitrogens with zero attached hydrogens (tertiary/aromatic N) is 2. The second-order valence-electron chi connectivity index (χ2n) is 3.69. The molecule has 2 N–H and O–H groups in total. The lowest BCUT2D eigenvalue weighted by atomic mass is 10.2. The first kappa shape index (κ1) is 12.6. The molecule has 5 heteroatoms. The van der Waals surface area contributed by atoms with Gasteiger partial charge < -0.3 is 10.6 Å². The Morgan fingerprint density at radius 3 is 2.78 bits per heavy atom. The van der Waals surface area contributed by atoms with Crippen LogP contribution in [0.25, 0.3) is 10.6 Å². The zero-order valence-corrected chi connectivity index (χ0v) is 11.3. The van der Waals surface area contributed by atoms with Gasteiger partial charge in [-0.15, -0.1) is 11.3 Å². The molecule has 0 radical (unpaired) electrons. The third kappa shape index (κ3) is 3.07. The van der Waals surface area contributed by atoms with Crippen molar-refractivity contribution in [2.75, 3.05) is 14.1 Å². The highest BCUT2D eigenvalue weighted by molar-refractivity contribution is 7.13. The number of rotatable bonds is 3. The maximum absolute atomic E-state index is 4.59. The van der Waals surface area contributed by atoms with Crippen LogP contribution in [0.1, 0.15) is 5.69 Å². The molecular weight excluding hydrogens is 244 g/mol. The monoisotopic (exact) mass is 260 g/mol. The molecule has 2 aromatic rings. The summed E-state index contributed by atoms with van der Waals surface area (Å²) in [6, 6.07) is 10.2. The lowest BCUT2D eigenvalue weighted by Gasteiger charge is -2.05. The number of nitrogens with one attached hydrogen (secondary N) is 2. The number of benzene rings is 1. The van der Waals surface area contributed by atoms with E-state index in [1.807, 2.05) is 25.2 Å². The second-order valence-corrected chi connectivity index (χ2v) is 4.54. The molecule has 0 bridgehead atoms. The van der Waals surface area contributed by atoms with Gasteiger partial charge in [0.1, 0.15) is 5.01 Å². The van der Waals surface area contributed by atoms with Crippen molar-refractivity contribution < 1.29 is 0 Å². The summed E-state index contributed by atoms with van der Waals surface area (Å²) in [4.78, 5) is 8.65. The Labute approximate surface area is 111 Å². The molecule has 0 saturated carbocycles. The highest BCUT2D eigenvalue weighted by Gasteiger charge is 2.04. The van der Waals surface area contributed by atoms with E-state index in [1.54, 1.807) is 18.4 Å². The molecule has 1 aromatic carbocycles. The van der Waals surface area contributed by atoms with Crippen LogP contribution in [0.2, 0.25) is 0 Å². The summed E-state index contributed by atoms with van der Waals surface area (Å²) < 4.78 is 0. The van der Waals surface area contributed by atoms with Crippen LogP contribution in [-0.2, 0) is 6.54 Å². The summed E-state index contributed by atoms with van der Waals surface area (Å²) in [5, 5.41) is 9.27. The van der Waals surface area contributed by atoms with Crippen molar-refractivity contribution in [2.45, 2.75) is 6.54 Å². The standard InChI is InChI=1S/C13H16N4S/c1-14-13(15-2)16-8-11-9-18-12(17-11)10-6-4-3-5-7-10/h3-7,9H,8H2,1-2H3,(H2,14,15,16). The van der Waals surface area contributed by atoms with E-state index < -0.39 is 0 Å². The van der Waals surface area contributed by atoms with Crippen LogP contribution in [0, 0.1) is 0 Å². The van der Waals surface area contributed by atoms with Gasteiger partial charge in [0, 0.05) is 25.0 Å². The van der Waals surface area contributed by atoms with Crippen LogP contribution in [-0.4, -0.2) is 25.0 Å². The molecule has 94 valence electrons. The smallest absolute Gasteiger partial charge is 0.191 e. The van der Waals surface area contributed by atoms with Crippen molar-refractivity contribution in [1.29, 1.82) is 0 Å². The highest BCUT2D eigenvalue weighted by Crippen LogP contribution is 2.22. The van der Waals surface area contributed by atoms with Crippen LogP contribution in [0.3, 0.4) is 0 Å². The second kappa shape index (κ2) is 6.16. The number of thiazole rings is 1. The Morgan fingerprint density at radius 1 is 1.33 bits per heavy atom. The summed E-state index contributed by atoms with van der Waals surface area (Å²) in [6.07, 6.45) is 0. The Morgan fingerprint density at radius 2 is 2.11 bits per heavy atom. The van der Waals surface area contributed by atoms with E-state index in [4.69, 9.17) is 0 Å².